The summed E-state index contributed by atoms with van der Waals surface area (Å²) in [6.07, 6.45) is -0.254. The van der Waals surface area contributed by atoms with E-state index in [9.17, 15) is 28.7 Å². The summed E-state index contributed by atoms with van der Waals surface area (Å²) >= 11 is 0. The first-order chi connectivity index (χ1) is 16.3. The van der Waals surface area contributed by atoms with Gasteiger partial charge in [0, 0.05) is 29.1 Å². The Kier molecular flexibility index (Phi) is 5.05. The summed E-state index contributed by atoms with van der Waals surface area (Å²) in [6.45, 7) is 3.11. The minimum atomic E-state index is -1.54. The molecular formula is C23H18FN3O7. The highest BCUT2D eigenvalue weighted by Crippen LogP contribution is 2.42. The number of aliphatic hydroxyl groups excluding tert-OH is 1. The number of hydrogen-bond donors (Lipinski definition) is 3. The molecule has 34 heavy (non-hydrogen) atoms. The van der Waals surface area contributed by atoms with Crippen molar-refractivity contribution in [2.75, 3.05) is 17.2 Å². The Morgan fingerprint density at radius 1 is 1.38 bits per heavy atom. The topological polar surface area (TPSA) is 136 Å². The van der Waals surface area contributed by atoms with Crippen LogP contribution in [-0.4, -0.2) is 34.6 Å². The van der Waals surface area contributed by atoms with Crippen LogP contribution in [-0.2, 0) is 32.2 Å². The van der Waals surface area contributed by atoms with Crippen LogP contribution in [0.25, 0.3) is 6.08 Å². The van der Waals surface area contributed by atoms with Gasteiger partial charge in [-0.3, -0.25) is 14.9 Å². The van der Waals surface area contributed by atoms with Crippen molar-refractivity contribution in [3.05, 3.63) is 74.5 Å². The molecule has 2 aromatic rings. The number of aliphatic hydroxyl groups is 1. The molecule has 3 aliphatic rings. The number of benzene rings is 1. The molecule has 0 bridgehead atoms. The second kappa shape index (κ2) is 7.96. The zero-order chi connectivity index (χ0) is 24.1. The number of aromatic nitrogens is 1. The minimum Gasteiger partial charge on any atom is -0.458 e. The number of anilines is 2. The number of carbonyl (C=O) groups excluding carboxylic acids is 3. The number of nitrogens with zero attached hydrogens (tertiary/aromatic N) is 1. The summed E-state index contributed by atoms with van der Waals surface area (Å²) in [4.78, 5) is 47.2. The Bertz CT molecular complexity index is 1380. The molecule has 0 aliphatic carbocycles. The Labute approximate surface area is 191 Å². The predicted octanol–water partition coefficient (Wildman–Crippen LogP) is 1.94. The Balaban J connectivity index is 1.45. The SMILES string of the molecule is C=C(C=O)COC(=O)Nc1cc2c(cc1F)NC1C(=C2)Cn2c1cc1c(c2=O)COC(=O)C1O. The fraction of sp³-hybridized carbons (Fsp3) is 0.217. The highest BCUT2D eigenvalue weighted by Gasteiger charge is 2.37. The molecule has 0 fully saturated rings. The highest BCUT2D eigenvalue weighted by atomic mass is 19.1. The van der Waals surface area contributed by atoms with Crippen molar-refractivity contribution in [2.24, 2.45) is 0 Å². The number of aldehydes is 1. The maximum atomic E-state index is 14.7. The summed E-state index contributed by atoms with van der Waals surface area (Å²) < 4.78 is 25.9. The molecule has 174 valence electrons. The number of hydrogen-bond acceptors (Lipinski definition) is 8. The van der Waals surface area contributed by atoms with Crippen LogP contribution in [0.2, 0.25) is 0 Å². The van der Waals surface area contributed by atoms with Gasteiger partial charge in [0.25, 0.3) is 5.56 Å². The molecule has 5 rings (SSSR count). The van der Waals surface area contributed by atoms with Gasteiger partial charge in [-0.05, 0) is 35.4 Å². The van der Waals surface area contributed by atoms with Gasteiger partial charge in [0.05, 0.1) is 17.3 Å². The van der Waals surface area contributed by atoms with Crippen LogP contribution in [0.3, 0.4) is 0 Å². The van der Waals surface area contributed by atoms with E-state index in [0.717, 1.165) is 5.57 Å². The van der Waals surface area contributed by atoms with Crippen LogP contribution in [0.5, 0.6) is 0 Å². The first-order valence-electron chi connectivity index (χ1n) is 10.2. The molecule has 0 saturated heterocycles. The third-order valence-electron chi connectivity index (χ3n) is 5.92. The number of carbonyl (C=O) groups is 3. The number of amides is 1. The molecular weight excluding hydrogens is 449 g/mol. The second-order valence-corrected chi connectivity index (χ2v) is 8.10. The number of ether oxygens (including phenoxy) is 2. The van der Waals surface area contributed by atoms with Crippen molar-refractivity contribution in [1.29, 1.82) is 0 Å². The van der Waals surface area contributed by atoms with E-state index in [0.29, 0.717) is 23.2 Å². The summed E-state index contributed by atoms with van der Waals surface area (Å²) in [7, 11) is 0. The van der Waals surface area contributed by atoms with Crippen molar-refractivity contribution in [3.8, 4) is 0 Å². The number of pyridine rings is 1. The first-order valence-corrected chi connectivity index (χ1v) is 10.2. The van der Waals surface area contributed by atoms with Gasteiger partial charge in [-0.2, -0.15) is 0 Å². The van der Waals surface area contributed by atoms with E-state index in [1.165, 1.54) is 16.7 Å². The Morgan fingerprint density at radius 3 is 2.94 bits per heavy atom. The molecule has 2 atom stereocenters. The standard InChI is InChI=1S/C23H18FN3O7/c1-10(7-28)8-34-23(32)26-17-3-11-2-12-6-27-18(19(12)25-16(11)5-15(17)24)4-13-14(21(27)30)9-33-22(31)20(13)29/h2-5,7,19-20,25,29H,1,6,8-9H2,(H,26,32). The summed E-state index contributed by atoms with van der Waals surface area (Å²) in [6, 6.07) is 3.76. The van der Waals surface area contributed by atoms with Crippen LogP contribution in [0.15, 0.2) is 40.7 Å². The molecule has 2 unspecified atom stereocenters. The van der Waals surface area contributed by atoms with Gasteiger partial charge in [-0.25, -0.2) is 14.0 Å². The molecule has 0 radical (unpaired) electrons. The number of fused-ring (bicyclic) bond motifs is 5. The lowest BCUT2D eigenvalue weighted by atomic mass is 9.95. The molecule has 1 aromatic heterocycles. The third-order valence-corrected chi connectivity index (χ3v) is 5.92. The highest BCUT2D eigenvalue weighted by molar-refractivity contribution is 5.88. The van der Waals surface area contributed by atoms with Gasteiger partial charge in [-0.1, -0.05) is 6.58 Å². The Hall–Kier alpha value is -4.25. The number of esters is 1. The van der Waals surface area contributed by atoms with Crippen LogP contribution >= 0.6 is 0 Å². The molecule has 11 heteroatoms. The number of halogens is 1. The molecule has 0 spiro atoms. The smallest absolute Gasteiger partial charge is 0.412 e. The van der Waals surface area contributed by atoms with E-state index >= 15 is 0 Å². The van der Waals surface area contributed by atoms with Gasteiger partial charge in [0.2, 0.25) is 0 Å². The van der Waals surface area contributed by atoms with Crippen molar-refractivity contribution in [3.63, 3.8) is 0 Å². The third kappa shape index (κ3) is 3.46. The number of cyclic esters (lactones) is 1. The zero-order valence-corrected chi connectivity index (χ0v) is 17.6. The predicted molar refractivity (Wildman–Crippen MR) is 116 cm³/mol. The summed E-state index contributed by atoms with van der Waals surface area (Å²) in [5, 5.41) is 15.7. The van der Waals surface area contributed by atoms with Gasteiger partial charge in [0.1, 0.15) is 25.3 Å². The zero-order valence-electron chi connectivity index (χ0n) is 17.6. The van der Waals surface area contributed by atoms with Crippen LogP contribution < -0.4 is 16.2 Å². The van der Waals surface area contributed by atoms with Gasteiger partial charge in [0.15, 0.2) is 6.10 Å². The second-order valence-electron chi connectivity index (χ2n) is 8.10. The van der Waals surface area contributed by atoms with E-state index in [1.807, 2.05) is 0 Å². The molecule has 1 amide bonds. The molecule has 10 nitrogen and oxygen atoms in total. The summed E-state index contributed by atoms with van der Waals surface area (Å²) in [5.74, 6) is -1.54. The monoisotopic (exact) mass is 467 g/mol. The van der Waals surface area contributed by atoms with Crippen molar-refractivity contribution >= 4 is 35.8 Å². The minimum absolute atomic E-state index is 0.0576. The van der Waals surface area contributed by atoms with Crippen LogP contribution in [0, 0.1) is 5.82 Å². The van der Waals surface area contributed by atoms with Crippen molar-refractivity contribution in [2.45, 2.75) is 25.3 Å². The molecule has 3 aliphatic heterocycles. The summed E-state index contributed by atoms with van der Waals surface area (Å²) in [5.41, 5.74) is 2.34. The van der Waals surface area contributed by atoms with Gasteiger partial charge >= 0.3 is 12.1 Å². The van der Waals surface area contributed by atoms with Crippen LogP contribution in [0.4, 0.5) is 20.6 Å². The van der Waals surface area contributed by atoms with Gasteiger partial charge in [-0.15, -0.1) is 0 Å². The lowest BCUT2D eigenvalue weighted by Gasteiger charge is -2.25. The normalized spacial score (nSPS) is 19.4. The van der Waals surface area contributed by atoms with Gasteiger partial charge < -0.3 is 24.5 Å². The van der Waals surface area contributed by atoms with E-state index in [2.05, 4.69) is 17.2 Å². The number of rotatable bonds is 4. The van der Waals surface area contributed by atoms with Crippen LogP contribution in [0.1, 0.15) is 34.5 Å². The lowest BCUT2D eigenvalue weighted by Crippen LogP contribution is -2.33. The number of nitrogens with one attached hydrogen (secondary N) is 2. The van der Waals surface area contributed by atoms with Crippen molar-refractivity contribution < 1.29 is 33.4 Å². The average molecular weight is 467 g/mol. The maximum Gasteiger partial charge on any atom is 0.412 e. The quantitative estimate of drug-likeness (QED) is 0.353. The molecule has 1 aromatic carbocycles. The van der Waals surface area contributed by atoms with Crippen molar-refractivity contribution in [1.82, 2.24) is 4.57 Å². The van der Waals surface area contributed by atoms with E-state index in [-0.39, 0.29) is 47.7 Å². The largest absolute Gasteiger partial charge is 0.458 e. The average Bonchev–Trinajstić information content (AvgIpc) is 3.17. The molecule has 4 heterocycles. The fourth-order valence-electron chi connectivity index (χ4n) is 4.25. The first kappa shape index (κ1) is 21.6. The Morgan fingerprint density at radius 2 is 2.18 bits per heavy atom. The maximum absolute atomic E-state index is 14.7. The van der Waals surface area contributed by atoms with E-state index in [4.69, 9.17) is 9.47 Å². The fourth-order valence-corrected chi connectivity index (χ4v) is 4.25. The molecule has 0 saturated carbocycles. The molecule has 3 N–H and O–H groups in total. The lowest BCUT2D eigenvalue weighted by molar-refractivity contribution is -0.157. The van der Waals surface area contributed by atoms with E-state index in [1.54, 1.807) is 12.1 Å². The van der Waals surface area contributed by atoms with E-state index < -0.39 is 30.0 Å².